The molecule has 1 aliphatic rings. The molecule has 0 atom stereocenters. The molecule has 0 radical (unpaired) electrons. The molecule has 0 aliphatic heterocycles. The summed E-state index contributed by atoms with van der Waals surface area (Å²) < 4.78 is 6.56. The van der Waals surface area contributed by atoms with Crippen molar-refractivity contribution in [3.63, 3.8) is 0 Å². The van der Waals surface area contributed by atoms with Crippen molar-refractivity contribution in [3.8, 4) is 5.75 Å². The van der Waals surface area contributed by atoms with E-state index in [1.54, 1.807) is 18.2 Å². The molecule has 1 fully saturated rings. The minimum Gasteiger partial charge on any atom is -0.491 e. The second kappa shape index (κ2) is 5.28. The summed E-state index contributed by atoms with van der Waals surface area (Å²) in [6.07, 6.45) is 4.21. The number of rotatable bonds is 4. The predicted molar refractivity (Wildman–Crippen MR) is 73.5 cm³/mol. The standard InChI is InChI=1S/C13H17BrN2O2/c14-9-3-4-10(12(15)17)11(7-9)18-8-13(16)5-1-2-6-13/h3-4,7H,1-2,5-6,8,16H2,(H2,15,17). The van der Waals surface area contributed by atoms with Gasteiger partial charge < -0.3 is 16.2 Å². The number of hydrogen-bond acceptors (Lipinski definition) is 3. The van der Waals surface area contributed by atoms with Gasteiger partial charge in [0.05, 0.1) is 11.1 Å². The van der Waals surface area contributed by atoms with Crippen molar-refractivity contribution < 1.29 is 9.53 Å². The highest BCUT2D eigenvalue weighted by Gasteiger charge is 2.30. The van der Waals surface area contributed by atoms with E-state index in [2.05, 4.69) is 15.9 Å². The second-order valence-corrected chi connectivity index (χ2v) is 5.78. The Labute approximate surface area is 115 Å². The van der Waals surface area contributed by atoms with Crippen LogP contribution in [0.2, 0.25) is 0 Å². The third-order valence-electron chi connectivity index (χ3n) is 3.32. The van der Waals surface area contributed by atoms with E-state index in [9.17, 15) is 4.79 Å². The summed E-state index contributed by atoms with van der Waals surface area (Å²) in [5.41, 5.74) is 11.7. The first-order valence-electron chi connectivity index (χ1n) is 6.01. The Morgan fingerprint density at radius 1 is 1.39 bits per heavy atom. The molecule has 1 aliphatic carbocycles. The van der Waals surface area contributed by atoms with Gasteiger partial charge in [0.15, 0.2) is 0 Å². The normalized spacial score (nSPS) is 17.7. The molecule has 1 aromatic rings. The molecule has 0 saturated heterocycles. The summed E-state index contributed by atoms with van der Waals surface area (Å²) in [5.74, 6) is 0.00333. The lowest BCUT2D eigenvalue weighted by atomic mass is 10.0. The maximum absolute atomic E-state index is 11.3. The second-order valence-electron chi connectivity index (χ2n) is 4.86. The number of ether oxygens (including phenoxy) is 1. The van der Waals surface area contributed by atoms with Crippen LogP contribution in [-0.4, -0.2) is 18.1 Å². The Balaban J connectivity index is 2.12. The van der Waals surface area contributed by atoms with Crippen LogP contribution in [0.15, 0.2) is 22.7 Å². The van der Waals surface area contributed by atoms with Gasteiger partial charge >= 0.3 is 0 Å². The zero-order valence-corrected chi connectivity index (χ0v) is 11.7. The molecule has 2 rings (SSSR count). The van der Waals surface area contributed by atoms with Gasteiger partial charge in [-0.1, -0.05) is 28.8 Å². The van der Waals surface area contributed by atoms with Crippen LogP contribution in [0, 0.1) is 0 Å². The van der Waals surface area contributed by atoms with Crippen LogP contribution < -0.4 is 16.2 Å². The highest BCUT2D eigenvalue weighted by Crippen LogP contribution is 2.29. The molecule has 4 N–H and O–H groups in total. The van der Waals surface area contributed by atoms with E-state index < -0.39 is 5.91 Å². The van der Waals surface area contributed by atoms with E-state index in [4.69, 9.17) is 16.2 Å². The maximum atomic E-state index is 11.3. The average Bonchev–Trinajstić information content (AvgIpc) is 2.74. The van der Waals surface area contributed by atoms with Crippen LogP contribution in [0.25, 0.3) is 0 Å². The SMILES string of the molecule is NC(=O)c1ccc(Br)cc1OCC1(N)CCCC1. The Morgan fingerprint density at radius 3 is 2.67 bits per heavy atom. The molecule has 0 bridgehead atoms. The van der Waals surface area contributed by atoms with E-state index in [0.29, 0.717) is 17.9 Å². The van der Waals surface area contributed by atoms with E-state index >= 15 is 0 Å². The zero-order chi connectivity index (χ0) is 13.2. The van der Waals surface area contributed by atoms with Crippen LogP contribution in [0.4, 0.5) is 0 Å². The van der Waals surface area contributed by atoms with E-state index in [-0.39, 0.29) is 5.54 Å². The first-order chi connectivity index (χ1) is 8.50. The molecular weight excluding hydrogens is 296 g/mol. The van der Waals surface area contributed by atoms with Gasteiger partial charge in [0.25, 0.3) is 5.91 Å². The van der Waals surface area contributed by atoms with Crippen LogP contribution in [0.3, 0.4) is 0 Å². The largest absolute Gasteiger partial charge is 0.491 e. The monoisotopic (exact) mass is 312 g/mol. The topological polar surface area (TPSA) is 78.3 Å². The molecule has 0 heterocycles. The molecule has 1 amide bonds. The van der Waals surface area contributed by atoms with E-state index in [1.165, 1.54) is 0 Å². The molecule has 0 unspecified atom stereocenters. The summed E-state index contributed by atoms with van der Waals surface area (Å²) in [6, 6.07) is 5.17. The van der Waals surface area contributed by atoms with Crippen molar-refractivity contribution in [3.05, 3.63) is 28.2 Å². The first-order valence-corrected chi connectivity index (χ1v) is 6.80. The number of carbonyl (C=O) groups excluding carboxylic acids is 1. The molecule has 5 heteroatoms. The van der Waals surface area contributed by atoms with Gasteiger partial charge in [-0.2, -0.15) is 0 Å². The van der Waals surface area contributed by atoms with Gasteiger partial charge in [-0.15, -0.1) is 0 Å². The predicted octanol–water partition coefficient (Wildman–Crippen LogP) is 2.20. The summed E-state index contributed by atoms with van der Waals surface area (Å²) in [7, 11) is 0. The number of nitrogens with two attached hydrogens (primary N) is 2. The van der Waals surface area contributed by atoms with Gasteiger partial charge in [0.1, 0.15) is 12.4 Å². The summed E-state index contributed by atoms with van der Waals surface area (Å²) >= 11 is 3.35. The van der Waals surface area contributed by atoms with Gasteiger partial charge in [0, 0.05) is 4.47 Å². The van der Waals surface area contributed by atoms with Gasteiger partial charge in [-0.25, -0.2) is 0 Å². The summed E-state index contributed by atoms with van der Waals surface area (Å²) in [5, 5.41) is 0. The van der Waals surface area contributed by atoms with Crippen molar-refractivity contribution in [2.45, 2.75) is 31.2 Å². The number of benzene rings is 1. The smallest absolute Gasteiger partial charge is 0.252 e. The van der Waals surface area contributed by atoms with Crippen molar-refractivity contribution in [1.82, 2.24) is 0 Å². The highest BCUT2D eigenvalue weighted by molar-refractivity contribution is 9.10. The Morgan fingerprint density at radius 2 is 2.06 bits per heavy atom. The van der Waals surface area contributed by atoms with Crippen molar-refractivity contribution >= 4 is 21.8 Å². The van der Waals surface area contributed by atoms with E-state index in [1.807, 2.05) is 0 Å². The fourth-order valence-corrected chi connectivity index (χ4v) is 2.60. The maximum Gasteiger partial charge on any atom is 0.252 e. The minimum atomic E-state index is -0.491. The highest BCUT2D eigenvalue weighted by atomic mass is 79.9. The Bertz CT molecular complexity index is 456. The number of amides is 1. The molecule has 0 spiro atoms. The first kappa shape index (κ1) is 13.4. The minimum absolute atomic E-state index is 0.267. The lowest BCUT2D eigenvalue weighted by molar-refractivity contribution is 0.0994. The molecular formula is C13H17BrN2O2. The molecule has 0 aromatic heterocycles. The van der Waals surface area contributed by atoms with Crippen LogP contribution in [0.1, 0.15) is 36.0 Å². The zero-order valence-electron chi connectivity index (χ0n) is 10.1. The summed E-state index contributed by atoms with van der Waals surface area (Å²) in [4.78, 5) is 11.3. The fraction of sp³-hybridized carbons (Fsp3) is 0.462. The van der Waals surface area contributed by atoms with Crippen LogP contribution in [0.5, 0.6) is 5.75 Å². The fourth-order valence-electron chi connectivity index (χ4n) is 2.26. The lowest BCUT2D eigenvalue weighted by Gasteiger charge is -2.24. The number of hydrogen-bond donors (Lipinski definition) is 2. The average molecular weight is 313 g/mol. The lowest BCUT2D eigenvalue weighted by Crippen LogP contribution is -2.42. The van der Waals surface area contributed by atoms with Gasteiger partial charge in [-0.3, -0.25) is 4.79 Å². The molecule has 98 valence electrons. The summed E-state index contributed by atoms with van der Waals surface area (Å²) in [6.45, 7) is 0.420. The van der Waals surface area contributed by atoms with Crippen molar-refractivity contribution in [2.24, 2.45) is 11.5 Å². The van der Waals surface area contributed by atoms with Gasteiger partial charge in [0.2, 0.25) is 0 Å². The van der Waals surface area contributed by atoms with Crippen molar-refractivity contribution in [1.29, 1.82) is 0 Å². The molecule has 18 heavy (non-hydrogen) atoms. The Kier molecular flexibility index (Phi) is 3.92. The van der Waals surface area contributed by atoms with Crippen LogP contribution >= 0.6 is 15.9 Å². The third-order valence-corrected chi connectivity index (χ3v) is 3.82. The Hall–Kier alpha value is -1.07. The number of primary amides is 1. The third kappa shape index (κ3) is 3.03. The molecule has 1 aromatic carbocycles. The molecule has 1 saturated carbocycles. The van der Waals surface area contributed by atoms with E-state index in [0.717, 1.165) is 30.2 Å². The quantitative estimate of drug-likeness (QED) is 0.894. The number of carbonyl (C=O) groups is 1. The van der Waals surface area contributed by atoms with Crippen molar-refractivity contribution in [2.75, 3.05) is 6.61 Å². The number of halogens is 1. The van der Waals surface area contributed by atoms with Gasteiger partial charge in [-0.05, 0) is 31.0 Å². The van der Waals surface area contributed by atoms with Crippen LogP contribution in [-0.2, 0) is 0 Å². The molecule has 4 nitrogen and oxygen atoms in total.